The van der Waals surface area contributed by atoms with Gasteiger partial charge in [-0.1, -0.05) is 19.3 Å². The van der Waals surface area contributed by atoms with Gasteiger partial charge in [0.1, 0.15) is 0 Å². The number of nitrogens with zero attached hydrogens (tertiary/aromatic N) is 1. The van der Waals surface area contributed by atoms with E-state index >= 15 is 0 Å². The van der Waals surface area contributed by atoms with Crippen molar-refractivity contribution in [2.24, 2.45) is 11.8 Å². The lowest BCUT2D eigenvalue weighted by molar-refractivity contribution is -0.140. The summed E-state index contributed by atoms with van der Waals surface area (Å²) in [5, 5.41) is 12.7. The minimum Gasteiger partial charge on any atom is -0.393 e. The Kier molecular flexibility index (Phi) is 6.14. The zero-order chi connectivity index (χ0) is 16.9. The van der Waals surface area contributed by atoms with Crippen LogP contribution in [0, 0.1) is 11.8 Å². The van der Waals surface area contributed by atoms with Gasteiger partial charge in [0.25, 0.3) is 0 Å². The maximum atomic E-state index is 12.7. The van der Waals surface area contributed by atoms with Crippen molar-refractivity contribution < 1.29 is 14.7 Å². The summed E-state index contributed by atoms with van der Waals surface area (Å²) in [5.41, 5.74) is 0. The third-order valence-electron chi connectivity index (χ3n) is 6.10. The monoisotopic (exact) mass is 336 g/mol. The minimum absolute atomic E-state index is 0.0573. The van der Waals surface area contributed by atoms with E-state index in [1.54, 1.807) is 0 Å². The van der Waals surface area contributed by atoms with Gasteiger partial charge in [-0.05, 0) is 51.4 Å². The minimum atomic E-state index is -0.198. The van der Waals surface area contributed by atoms with Crippen molar-refractivity contribution in [1.29, 1.82) is 0 Å². The summed E-state index contributed by atoms with van der Waals surface area (Å²) in [4.78, 5) is 27.2. The van der Waals surface area contributed by atoms with Crippen molar-refractivity contribution in [2.75, 3.05) is 13.1 Å². The maximum Gasteiger partial charge on any atom is 0.225 e. The average Bonchev–Trinajstić information content (AvgIpc) is 2.64. The van der Waals surface area contributed by atoms with E-state index in [0.717, 1.165) is 57.9 Å². The van der Waals surface area contributed by atoms with E-state index in [2.05, 4.69) is 5.32 Å². The molecule has 1 saturated heterocycles. The second-order valence-electron chi connectivity index (χ2n) is 7.97. The Morgan fingerprint density at radius 3 is 2.21 bits per heavy atom. The van der Waals surface area contributed by atoms with Crippen LogP contribution in [-0.4, -0.2) is 47.1 Å². The van der Waals surface area contributed by atoms with Gasteiger partial charge >= 0.3 is 0 Å². The smallest absolute Gasteiger partial charge is 0.225 e. The molecule has 2 N–H and O–H groups in total. The van der Waals surface area contributed by atoms with Crippen LogP contribution in [0.25, 0.3) is 0 Å². The number of amides is 2. The van der Waals surface area contributed by atoms with Crippen LogP contribution in [0.1, 0.15) is 70.6 Å². The first-order chi connectivity index (χ1) is 11.6. The zero-order valence-corrected chi connectivity index (χ0v) is 14.7. The highest BCUT2D eigenvalue weighted by molar-refractivity contribution is 5.82. The first kappa shape index (κ1) is 17.7. The Bertz CT molecular complexity index is 440. The quantitative estimate of drug-likeness (QED) is 0.830. The van der Waals surface area contributed by atoms with E-state index in [1.807, 2.05) is 4.90 Å². The summed E-state index contributed by atoms with van der Waals surface area (Å²) in [5.74, 6) is 0.532. The number of nitrogens with one attached hydrogen (secondary N) is 1. The fourth-order valence-corrected chi connectivity index (χ4v) is 4.54. The fourth-order valence-electron chi connectivity index (χ4n) is 4.54. The number of likely N-dealkylation sites (tertiary alicyclic amines) is 1. The molecular formula is C19H32N2O3. The van der Waals surface area contributed by atoms with Crippen molar-refractivity contribution in [3.8, 4) is 0 Å². The molecule has 1 atom stereocenters. The molecule has 0 radical (unpaired) electrons. The zero-order valence-electron chi connectivity index (χ0n) is 14.7. The summed E-state index contributed by atoms with van der Waals surface area (Å²) in [6.07, 6.45) is 10.5. The normalized spacial score (nSPS) is 32.4. The van der Waals surface area contributed by atoms with Crippen molar-refractivity contribution in [3.05, 3.63) is 0 Å². The van der Waals surface area contributed by atoms with Crippen LogP contribution < -0.4 is 5.32 Å². The van der Waals surface area contributed by atoms with Crippen LogP contribution in [0.3, 0.4) is 0 Å². The second kappa shape index (κ2) is 8.32. The SMILES string of the molecule is O=C(NC1CCC(O)CC1)[C@H]1CCCN(C(=O)C2CCCCC2)C1. The molecule has 0 aromatic rings. The molecule has 2 amide bonds. The van der Waals surface area contributed by atoms with E-state index in [4.69, 9.17) is 0 Å². The largest absolute Gasteiger partial charge is 0.393 e. The number of aliphatic hydroxyl groups is 1. The van der Waals surface area contributed by atoms with Crippen LogP contribution in [-0.2, 0) is 9.59 Å². The van der Waals surface area contributed by atoms with Crippen molar-refractivity contribution in [1.82, 2.24) is 10.2 Å². The van der Waals surface area contributed by atoms with Crippen LogP contribution in [0.2, 0.25) is 0 Å². The third-order valence-corrected chi connectivity index (χ3v) is 6.10. The molecule has 136 valence electrons. The highest BCUT2D eigenvalue weighted by Gasteiger charge is 2.33. The van der Waals surface area contributed by atoms with Gasteiger partial charge in [-0.15, -0.1) is 0 Å². The summed E-state index contributed by atoms with van der Waals surface area (Å²) in [6.45, 7) is 1.41. The third kappa shape index (κ3) is 4.50. The number of rotatable bonds is 3. The molecular weight excluding hydrogens is 304 g/mol. The van der Waals surface area contributed by atoms with Crippen LogP contribution in [0.5, 0.6) is 0 Å². The highest BCUT2D eigenvalue weighted by atomic mass is 16.3. The molecule has 0 aromatic carbocycles. The molecule has 0 bridgehead atoms. The first-order valence-corrected chi connectivity index (χ1v) is 9.90. The van der Waals surface area contributed by atoms with E-state index in [9.17, 15) is 14.7 Å². The molecule has 24 heavy (non-hydrogen) atoms. The Labute approximate surface area is 145 Å². The Morgan fingerprint density at radius 2 is 1.50 bits per heavy atom. The lowest BCUT2D eigenvalue weighted by Gasteiger charge is -2.36. The maximum absolute atomic E-state index is 12.7. The summed E-state index contributed by atoms with van der Waals surface area (Å²) in [7, 11) is 0. The van der Waals surface area contributed by atoms with E-state index in [-0.39, 0.29) is 35.8 Å². The van der Waals surface area contributed by atoms with Gasteiger partial charge < -0.3 is 15.3 Å². The molecule has 2 aliphatic carbocycles. The molecule has 5 heteroatoms. The summed E-state index contributed by atoms with van der Waals surface area (Å²) >= 11 is 0. The summed E-state index contributed by atoms with van der Waals surface area (Å²) in [6, 6.07) is 0.199. The van der Waals surface area contributed by atoms with Crippen molar-refractivity contribution >= 4 is 11.8 Å². The number of aliphatic hydroxyl groups excluding tert-OH is 1. The molecule has 2 saturated carbocycles. The predicted octanol–water partition coefficient (Wildman–Crippen LogP) is 2.22. The molecule has 0 spiro atoms. The number of carbonyl (C=O) groups is 2. The number of hydrogen-bond donors (Lipinski definition) is 2. The Hall–Kier alpha value is -1.10. The standard InChI is InChI=1S/C19H32N2O3/c22-17-10-8-16(9-11-17)20-18(23)15-7-4-12-21(13-15)19(24)14-5-2-1-3-6-14/h14-17,22H,1-13H2,(H,20,23)/t15-,16?,17?/m0/s1. The number of carbonyl (C=O) groups excluding carboxylic acids is 2. The molecule has 3 rings (SSSR count). The molecule has 0 aromatic heterocycles. The molecule has 5 nitrogen and oxygen atoms in total. The molecule has 3 aliphatic rings. The van der Waals surface area contributed by atoms with Gasteiger partial charge in [-0.25, -0.2) is 0 Å². The molecule has 0 unspecified atom stereocenters. The van der Waals surface area contributed by atoms with Crippen molar-refractivity contribution in [3.63, 3.8) is 0 Å². The van der Waals surface area contributed by atoms with Gasteiger partial charge in [0.05, 0.1) is 12.0 Å². The molecule has 1 heterocycles. The molecule has 3 fully saturated rings. The van der Waals surface area contributed by atoms with E-state index < -0.39 is 0 Å². The van der Waals surface area contributed by atoms with E-state index in [0.29, 0.717) is 6.54 Å². The van der Waals surface area contributed by atoms with Gasteiger partial charge in [-0.2, -0.15) is 0 Å². The second-order valence-corrected chi connectivity index (χ2v) is 7.97. The highest BCUT2D eigenvalue weighted by Crippen LogP contribution is 2.28. The fraction of sp³-hybridized carbons (Fsp3) is 0.895. The van der Waals surface area contributed by atoms with Crippen molar-refractivity contribution in [2.45, 2.75) is 82.8 Å². The van der Waals surface area contributed by atoms with Gasteiger partial charge in [0, 0.05) is 25.0 Å². The lowest BCUT2D eigenvalue weighted by atomic mass is 9.87. The van der Waals surface area contributed by atoms with Gasteiger partial charge in [-0.3, -0.25) is 9.59 Å². The summed E-state index contributed by atoms with van der Waals surface area (Å²) < 4.78 is 0. The number of piperidine rings is 1. The predicted molar refractivity (Wildman–Crippen MR) is 92.3 cm³/mol. The van der Waals surface area contributed by atoms with E-state index in [1.165, 1.54) is 19.3 Å². The van der Waals surface area contributed by atoms with Crippen LogP contribution in [0.15, 0.2) is 0 Å². The topological polar surface area (TPSA) is 69.6 Å². The molecule has 1 aliphatic heterocycles. The van der Waals surface area contributed by atoms with Gasteiger partial charge in [0.15, 0.2) is 0 Å². The van der Waals surface area contributed by atoms with Gasteiger partial charge in [0.2, 0.25) is 11.8 Å². The first-order valence-electron chi connectivity index (χ1n) is 9.90. The lowest BCUT2D eigenvalue weighted by Crippen LogP contribution is -2.49. The average molecular weight is 336 g/mol. The Balaban J connectivity index is 1.49. The number of hydrogen-bond acceptors (Lipinski definition) is 3. The Morgan fingerprint density at radius 1 is 0.833 bits per heavy atom. The van der Waals surface area contributed by atoms with Crippen LogP contribution >= 0.6 is 0 Å². The van der Waals surface area contributed by atoms with Crippen LogP contribution in [0.4, 0.5) is 0 Å².